The zero-order valence-electron chi connectivity index (χ0n) is 28.6. The quantitative estimate of drug-likeness (QED) is 0.222. The average Bonchev–Trinajstić information content (AvgIpc) is 3.74. The van der Waals surface area contributed by atoms with E-state index < -0.39 is 57.2 Å². The molecule has 2 aromatic rings. The van der Waals surface area contributed by atoms with Crippen LogP contribution in [0.1, 0.15) is 77.9 Å². The van der Waals surface area contributed by atoms with Gasteiger partial charge >= 0.3 is 18.0 Å². The SMILES string of the molecule is CC(=O)C(CN1CCN([C@]2(C(=O)O)CC3C(=O)[C@@H](CC(=O)/C(=N\OC4(C(=O)O)CCC4)c4csc(C)n4)[C@H]3S2)C1=O)c1ccc(C)c(C)c1C. The molecule has 1 aromatic heterocycles. The number of carboxylic acid groups (broad SMARTS) is 2. The van der Waals surface area contributed by atoms with E-state index in [0.717, 1.165) is 34.0 Å². The van der Waals surface area contributed by atoms with Gasteiger partial charge in [0.15, 0.2) is 16.4 Å². The van der Waals surface area contributed by atoms with Crippen LogP contribution in [0.15, 0.2) is 22.7 Å². The molecule has 2 unspecified atom stereocenters. The number of carbonyl (C=O) groups is 6. The highest BCUT2D eigenvalue weighted by Gasteiger charge is 2.67. The van der Waals surface area contributed by atoms with Crippen LogP contribution in [0.2, 0.25) is 0 Å². The summed E-state index contributed by atoms with van der Waals surface area (Å²) in [6.07, 6.45) is 0.746. The number of urea groups is 1. The number of aryl methyl sites for hydroxylation is 2. The van der Waals surface area contributed by atoms with E-state index in [1.165, 1.54) is 28.1 Å². The fraction of sp³-hybridized carbons (Fsp3) is 0.543. The lowest BCUT2D eigenvalue weighted by Gasteiger charge is -2.37. The first-order chi connectivity index (χ1) is 23.6. The fourth-order valence-electron chi connectivity index (χ4n) is 7.45. The van der Waals surface area contributed by atoms with Crippen LogP contribution in [0.5, 0.6) is 0 Å². The number of thiazole rings is 1. The Morgan fingerprint density at radius 3 is 2.36 bits per heavy atom. The molecule has 13 nitrogen and oxygen atoms in total. The van der Waals surface area contributed by atoms with E-state index in [1.54, 1.807) is 12.3 Å². The summed E-state index contributed by atoms with van der Waals surface area (Å²) in [4.78, 5) is 89.7. The van der Waals surface area contributed by atoms with Gasteiger partial charge in [-0.3, -0.25) is 19.3 Å². The van der Waals surface area contributed by atoms with Crippen molar-refractivity contribution >= 4 is 64.1 Å². The second-order valence-electron chi connectivity index (χ2n) is 13.8. The number of amides is 2. The van der Waals surface area contributed by atoms with E-state index in [2.05, 4.69) is 10.1 Å². The minimum Gasteiger partial charge on any atom is -0.479 e. The molecule has 0 bridgehead atoms. The standard InChI is InChI=1S/C35H40N4O9S2/c1-17-7-8-22(19(3)18(17)2)25(20(4)40)15-38-11-12-39(33(38)47)35(32(45)46)14-24-29(42)23(30(24)50-35)13-27(41)28(26-16-49-21(5)36-26)37-48-34(31(43)44)9-6-10-34/h7-8,16,23-25,30H,6,9-15H2,1-5H3,(H,43,44)(H,45,46)/b37-28-/t23-,24?,25?,30-,35-/m1/s1. The summed E-state index contributed by atoms with van der Waals surface area (Å²) in [5, 5.41) is 26.0. The monoisotopic (exact) mass is 724 g/mol. The molecule has 0 spiro atoms. The zero-order valence-corrected chi connectivity index (χ0v) is 30.2. The van der Waals surface area contributed by atoms with Crippen LogP contribution in [0, 0.1) is 39.5 Å². The number of oxime groups is 1. The first-order valence-electron chi connectivity index (χ1n) is 16.6. The number of carboxylic acids is 2. The number of aliphatic carboxylic acids is 2. The number of hydrogen-bond acceptors (Lipinski definition) is 11. The topological polar surface area (TPSA) is 184 Å². The second kappa shape index (κ2) is 13.2. The molecular weight excluding hydrogens is 685 g/mol. The van der Waals surface area contributed by atoms with Gasteiger partial charge in [0.25, 0.3) is 0 Å². The maximum atomic E-state index is 13.9. The minimum absolute atomic E-state index is 0.0936. The number of thioether (sulfide) groups is 1. The van der Waals surface area contributed by atoms with Gasteiger partial charge in [0.1, 0.15) is 17.3 Å². The molecule has 266 valence electrons. The molecule has 2 aliphatic carbocycles. The number of carbonyl (C=O) groups excluding carboxylic acids is 4. The minimum atomic E-state index is -1.72. The van der Waals surface area contributed by atoms with Crippen LogP contribution < -0.4 is 0 Å². The van der Waals surface area contributed by atoms with E-state index in [1.807, 2.05) is 32.9 Å². The van der Waals surface area contributed by atoms with Gasteiger partial charge in [-0.2, -0.15) is 0 Å². The van der Waals surface area contributed by atoms with E-state index in [4.69, 9.17) is 4.84 Å². The van der Waals surface area contributed by atoms with Crippen molar-refractivity contribution in [3.8, 4) is 0 Å². The summed E-state index contributed by atoms with van der Waals surface area (Å²) in [6, 6.07) is 3.35. The lowest BCUT2D eigenvalue weighted by Crippen LogP contribution is -2.53. The number of nitrogens with zero attached hydrogens (tertiary/aromatic N) is 4. The molecule has 0 radical (unpaired) electrons. The van der Waals surface area contributed by atoms with Crippen molar-refractivity contribution in [3.63, 3.8) is 0 Å². The average molecular weight is 725 g/mol. The summed E-state index contributed by atoms with van der Waals surface area (Å²) >= 11 is 2.30. The first kappa shape index (κ1) is 35.7. The lowest BCUT2D eigenvalue weighted by atomic mass is 9.68. The van der Waals surface area contributed by atoms with Crippen molar-refractivity contribution < 1.29 is 43.8 Å². The van der Waals surface area contributed by atoms with E-state index in [9.17, 15) is 39.0 Å². The third-order valence-electron chi connectivity index (χ3n) is 11.0. The summed E-state index contributed by atoms with van der Waals surface area (Å²) in [5.41, 5.74) is 2.48. The van der Waals surface area contributed by atoms with Gasteiger partial charge in [0.2, 0.25) is 5.60 Å². The van der Waals surface area contributed by atoms with Gasteiger partial charge < -0.3 is 20.0 Å². The van der Waals surface area contributed by atoms with E-state index in [-0.39, 0.29) is 68.3 Å². The van der Waals surface area contributed by atoms with Gasteiger partial charge in [-0.1, -0.05) is 17.3 Å². The van der Waals surface area contributed by atoms with Crippen molar-refractivity contribution in [2.45, 2.75) is 88.4 Å². The molecule has 6 rings (SSSR count). The summed E-state index contributed by atoms with van der Waals surface area (Å²) in [5.74, 6) is -5.43. The normalized spacial score (nSPS) is 26.3. The molecule has 50 heavy (non-hydrogen) atoms. The van der Waals surface area contributed by atoms with E-state index in [0.29, 0.717) is 11.4 Å². The highest BCUT2D eigenvalue weighted by molar-refractivity contribution is 8.02. The Morgan fingerprint density at radius 1 is 1.06 bits per heavy atom. The number of ketones is 3. The van der Waals surface area contributed by atoms with Crippen molar-refractivity contribution in [2.24, 2.45) is 17.0 Å². The van der Waals surface area contributed by atoms with Crippen molar-refractivity contribution in [1.29, 1.82) is 0 Å². The van der Waals surface area contributed by atoms with Gasteiger partial charge in [-0.25, -0.2) is 19.4 Å². The molecule has 2 aliphatic heterocycles. The predicted molar refractivity (Wildman–Crippen MR) is 184 cm³/mol. The van der Waals surface area contributed by atoms with Crippen molar-refractivity contribution in [3.05, 3.63) is 50.5 Å². The van der Waals surface area contributed by atoms with E-state index >= 15 is 0 Å². The molecule has 15 heteroatoms. The third kappa shape index (κ3) is 5.91. The summed E-state index contributed by atoms with van der Waals surface area (Å²) < 4.78 is 0. The van der Waals surface area contributed by atoms with Gasteiger partial charge in [0.05, 0.1) is 10.9 Å². The molecule has 4 aliphatic rings. The fourth-order valence-corrected chi connectivity index (χ4v) is 9.96. The second-order valence-corrected chi connectivity index (χ2v) is 16.3. The van der Waals surface area contributed by atoms with Crippen LogP contribution >= 0.6 is 23.1 Å². The molecule has 4 fully saturated rings. The predicted octanol–water partition coefficient (Wildman–Crippen LogP) is 4.28. The number of Topliss-reactive ketones (excluding diaryl/α,β-unsaturated/α-hetero) is 3. The summed E-state index contributed by atoms with van der Waals surface area (Å²) in [6.45, 7) is 9.60. The number of rotatable bonds is 13. The molecule has 5 atom stereocenters. The Hall–Kier alpha value is -4.11. The van der Waals surface area contributed by atoms with Crippen molar-refractivity contribution in [1.82, 2.24) is 14.8 Å². The van der Waals surface area contributed by atoms with Crippen LogP contribution in [0.4, 0.5) is 4.79 Å². The van der Waals surface area contributed by atoms with Gasteiger partial charge in [-0.05, 0) is 63.3 Å². The number of benzene rings is 1. The Morgan fingerprint density at radius 2 is 1.78 bits per heavy atom. The summed E-state index contributed by atoms with van der Waals surface area (Å²) in [7, 11) is 0. The van der Waals surface area contributed by atoms with Crippen LogP contribution in [-0.2, 0) is 28.8 Å². The highest BCUT2D eigenvalue weighted by atomic mass is 32.2. The van der Waals surface area contributed by atoms with Crippen molar-refractivity contribution in [2.75, 3.05) is 19.6 Å². The maximum absolute atomic E-state index is 13.9. The Labute approximate surface area is 297 Å². The number of aromatic nitrogens is 1. The smallest absolute Gasteiger partial charge is 0.350 e. The van der Waals surface area contributed by atoms with Crippen LogP contribution in [0.25, 0.3) is 0 Å². The number of hydrogen-bond donors (Lipinski definition) is 2. The van der Waals surface area contributed by atoms with Gasteiger partial charge in [0, 0.05) is 67.8 Å². The maximum Gasteiger partial charge on any atom is 0.350 e. The molecule has 2 amide bonds. The van der Waals surface area contributed by atoms with Crippen LogP contribution in [0.3, 0.4) is 0 Å². The Kier molecular flexibility index (Phi) is 9.44. The first-order valence-corrected chi connectivity index (χ1v) is 18.4. The number of fused-ring (bicyclic) bond motifs is 1. The Bertz CT molecular complexity index is 1840. The molecule has 3 heterocycles. The molecule has 1 aromatic carbocycles. The van der Waals surface area contributed by atoms with Gasteiger partial charge in [-0.15, -0.1) is 23.1 Å². The Balaban J connectivity index is 1.19. The highest BCUT2D eigenvalue weighted by Crippen LogP contribution is 2.59. The lowest BCUT2D eigenvalue weighted by molar-refractivity contribution is -0.178. The largest absolute Gasteiger partial charge is 0.479 e. The molecule has 2 saturated carbocycles. The third-order valence-corrected chi connectivity index (χ3v) is 13.6. The molecular formula is C35H40N4O9S2. The zero-order chi connectivity index (χ0) is 36.3. The molecule has 2 N–H and O–H groups in total. The van der Waals surface area contributed by atoms with Crippen LogP contribution in [-0.4, -0.2) is 101 Å². The molecule has 2 saturated heterocycles.